The minimum atomic E-state index is 0.458. The SMILES string of the molecule is CNC(Cc1sccc1Br)CC1CCCCO1. The van der Waals surface area contributed by atoms with Crippen LogP contribution >= 0.6 is 27.3 Å². The number of halogens is 1. The minimum absolute atomic E-state index is 0.458. The Morgan fingerprint density at radius 2 is 2.47 bits per heavy atom. The monoisotopic (exact) mass is 317 g/mol. The predicted molar refractivity (Wildman–Crippen MR) is 76.8 cm³/mol. The summed E-state index contributed by atoms with van der Waals surface area (Å²) in [6.07, 6.45) is 6.46. The lowest BCUT2D eigenvalue weighted by atomic mass is 9.99. The highest BCUT2D eigenvalue weighted by Gasteiger charge is 2.19. The lowest BCUT2D eigenvalue weighted by molar-refractivity contribution is 0.00572. The van der Waals surface area contributed by atoms with Crippen LogP contribution in [0, 0.1) is 0 Å². The van der Waals surface area contributed by atoms with Crippen LogP contribution in [-0.4, -0.2) is 25.8 Å². The van der Waals surface area contributed by atoms with Crippen LogP contribution in [0.5, 0.6) is 0 Å². The van der Waals surface area contributed by atoms with Crippen LogP contribution < -0.4 is 5.32 Å². The molecule has 4 heteroatoms. The third kappa shape index (κ3) is 4.05. The van der Waals surface area contributed by atoms with E-state index in [1.165, 1.54) is 28.6 Å². The summed E-state index contributed by atoms with van der Waals surface area (Å²) in [6, 6.07) is 2.65. The maximum Gasteiger partial charge on any atom is 0.0590 e. The van der Waals surface area contributed by atoms with Crippen LogP contribution in [0.25, 0.3) is 0 Å². The van der Waals surface area contributed by atoms with Crippen molar-refractivity contribution in [2.45, 2.75) is 44.2 Å². The molecule has 2 heterocycles. The second-order valence-electron chi connectivity index (χ2n) is 4.61. The number of likely N-dealkylation sites (N-methyl/N-ethyl adjacent to an activating group) is 1. The van der Waals surface area contributed by atoms with E-state index in [1.54, 1.807) is 0 Å². The summed E-state index contributed by atoms with van der Waals surface area (Å²) in [5.41, 5.74) is 0. The molecule has 1 fully saturated rings. The first-order valence-corrected chi connectivity index (χ1v) is 7.97. The van der Waals surface area contributed by atoms with Crippen LogP contribution in [0.1, 0.15) is 30.6 Å². The Kier molecular flexibility index (Phi) is 5.48. The molecule has 1 aromatic heterocycles. The molecule has 0 bridgehead atoms. The van der Waals surface area contributed by atoms with Gasteiger partial charge >= 0.3 is 0 Å². The summed E-state index contributed by atoms with van der Waals surface area (Å²) >= 11 is 5.43. The quantitative estimate of drug-likeness (QED) is 0.896. The van der Waals surface area contributed by atoms with Crippen LogP contribution in [-0.2, 0) is 11.2 Å². The van der Waals surface area contributed by atoms with Gasteiger partial charge in [-0.25, -0.2) is 0 Å². The first-order valence-electron chi connectivity index (χ1n) is 6.30. The number of rotatable bonds is 5. The molecule has 0 amide bonds. The normalized spacial score (nSPS) is 22.6. The molecule has 0 radical (unpaired) electrons. The summed E-state index contributed by atoms with van der Waals surface area (Å²) in [5.74, 6) is 0. The van der Waals surface area contributed by atoms with Gasteiger partial charge in [0.05, 0.1) is 6.10 Å². The van der Waals surface area contributed by atoms with Crippen molar-refractivity contribution in [2.75, 3.05) is 13.7 Å². The molecule has 1 saturated heterocycles. The third-order valence-corrected chi connectivity index (χ3v) is 5.30. The highest BCUT2D eigenvalue weighted by atomic mass is 79.9. The second kappa shape index (κ2) is 6.88. The van der Waals surface area contributed by atoms with Gasteiger partial charge in [-0.3, -0.25) is 0 Å². The number of nitrogens with one attached hydrogen (secondary N) is 1. The molecule has 96 valence electrons. The maximum absolute atomic E-state index is 5.81. The Bertz CT molecular complexity index is 336. The molecule has 0 aromatic carbocycles. The molecular weight excluding hydrogens is 298 g/mol. The zero-order valence-corrected chi connectivity index (χ0v) is 12.6. The van der Waals surface area contributed by atoms with Crippen molar-refractivity contribution in [3.8, 4) is 0 Å². The highest BCUT2D eigenvalue weighted by molar-refractivity contribution is 9.10. The molecule has 1 aromatic rings. The molecule has 0 saturated carbocycles. The Hall–Kier alpha value is 0.1000. The van der Waals surface area contributed by atoms with Crippen molar-refractivity contribution in [1.82, 2.24) is 5.32 Å². The second-order valence-corrected chi connectivity index (χ2v) is 6.46. The van der Waals surface area contributed by atoms with E-state index in [1.807, 2.05) is 11.3 Å². The van der Waals surface area contributed by atoms with E-state index in [2.05, 4.69) is 39.7 Å². The molecule has 2 rings (SSSR count). The van der Waals surface area contributed by atoms with E-state index in [9.17, 15) is 0 Å². The van der Waals surface area contributed by atoms with Gasteiger partial charge in [-0.2, -0.15) is 0 Å². The number of hydrogen-bond donors (Lipinski definition) is 1. The van der Waals surface area contributed by atoms with E-state index in [0.29, 0.717) is 12.1 Å². The fraction of sp³-hybridized carbons (Fsp3) is 0.692. The van der Waals surface area contributed by atoms with Crippen molar-refractivity contribution >= 4 is 27.3 Å². The predicted octanol–water partition coefficient (Wildman–Crippen LogP) is 3.60. The van der Waals surface area contributed by atoms with Gasteiger partial charge in [0.15, 0.2) is 0 Å². The maximum atomic E-state index is 5.81. The van der Waals surface area contributed by atoms with Crippen molar-refractivity contribution in [1.29, 1.82) is 0 Å². The molecule has 1 aliphatic heterocycles. The van der Waals surface area contributed by atoms with Crippen molar-refractivity contribution < 1.29 is 4.74 Å². The van der Waals surface area contributed by atoms with E-state index in [4.69, 9.17) is 4.74 Å². The van der Waals surface area contributed by atoms with Crippen LogP contribution in [0.2, 0.25) is 0 Å². The van der Waals surface area contributed by atoms with Gasteiger partial charge in [0.1, 0.15) is 0 Å². The van der Waals surface area contributed by atoms with Crippen molar-refractivity contribution in [2.24, 2.45) is 0 Å². The fourth-order valence-electron chi connectivity index (χ4n) is 2.31. The Labute approximate surface area is 116 Å². The Morgan fingerprint density at radius 1 is 1.59 bits per heavy atom. The summed E-state index contributed by atoms with van der Waals surface area (Å²) in [4.78, 5) is 1.43. The highest BCUT2D eigenvalue weighted by Crippen LogP contribution is 2.26. The summed E-state index contributed by atoms with van der Waals surface area (Å²) in [7, 11) is 2.05. The lowest BCUT2D eigenvalue weighted by Gasteiger charge is -2.26. The van der Waals surface area contributed by atoms with E-state index < -0.39 is 0 Å². The third-order valence-electron chi connectivity index (χ3n) is 3.35. The van der Waals surface area contributed by atoms with Gasteiger partial charge in [0.2, 0.25) is 0 Å². The number of hydrogen-bond acceptors (Lipinski definition) is 3. The summed E-state index contributed by atoms with van der Waals surface area (Å²) < 4.78 is 7.05. The van der Waals surface area contributed by atoms with Gasteiger partial charge in [-0.15, -0.1) is 11.3 Å². The van der Waals surface area contributed by atoms with Crippen molar-refractivity contribution in [3.63, 3.8) is 0 Å². The molecule has 2 nitrogen and oxygen atoms in total. The molecule has 1 N–H and O–H groups in total. The first-order chi connectivity index (χ1) is 8.29. The molecule has 0 spiro atoms. The fourth-order valence-corrected chi connectivity index (χ4v) is 3.90. The summed E-state index contributed by atoms with van der Waals surface area (Å²) in [6.45, 7) is 0.948. The van der Waals surface area contributed by atoms with E-state index >= 15 is 0 Å². The molecule has 2 unspecified atom stereocenters. The van der Waals surface area contributed by atoms with Gasteiger partial charge in [-0.1, -0.05) is 0 Å². The zero-order chi connectivity index (χ0) is 12.1. The smallest absolute Gasteiger partial charge is 0.0590 e. The first kappa shape index (κ1) is 13.5. The minimum Gasteiger partial charge on any atom is -0.378 e. The van der Waals surface area contributed by atoms with Gasteiger partial charge in [-0.05, 0) is 66.5 Å². The van der Waals surface area contributed by atoms with Crippen LogP contribution in [0.4, 0.5) is 0 Å². The molecule has 2 atom stereocenters. The van der Waals surface area contributed by atoms with Crippen molar-refractivity contribution in [3.05, 3.63) is 20.8 Å². The largest absolute Gasteiger partial charge is 0.378 e. The topological polar surface area (TPSA) is 21.3 Å². The van der Waals surface area contributed by atoms with Gasteiger partial charge < -0.3 is 10.1 Å². The van der Waals surface area contributed by atoms with Crippen LogP contribution in [0.15, 0.2) is 15.9 Å². The van der Waals surface area contributed by atoms with E-state index in [-0.39, 0.29) is 0 Å². The molecule has 1 aliphatic rings. The number of ether oxygens (including phenoxy) is 1. The average molecular weight is 318 g/mol. The van der Waals surface area contributed by atoms with Gasteiger partial charge in [0, 0.05) is 22.0 Å². The Balaban J connectivity index is 1.85. The van der Waals surface area contributed by atoms with E-state index in [0.717, 1.165) is 19.4 Å². The molecule has 17 heavy (non-hydrogen) atoms. The van der Waals surface area contributed by atoms with Crippen LogP contribution in [0.3, 0.4) is 0 Å². The molecule has 0 aliphatic carbocycles. The Morgan fingerprint density at radius 3 is 3.06 bits per heavy atom. The lowest BCUT2D eigenvalue weighted by Crippen LogP contribution is -2.34. The average Bonchev–Trinajstić information content (AvgIpc) is 2.75. The number of thiophene rings is 1. The zero-order valence-electron chi connectivity index (χ0n) is 10.2. The standard InChI is InChI=1S/C13H20BrNOS/c1-15-10(8-11-4-2-3-6-16-11)9-13-12(14)5-7-17-13/h5,7,10-11,15H,2-4,6,8-9H2,1H3. The van der Waals surface area contributed by atoms with Gasteiger partial charge in [0.25, 0.3) is 0 Å². The molecular formula is C13H20BrNOS. The summed E-state index contributed by atoms with van der Waals surface area (Å²) in [5, 5.41) is 5.56.